The number of amides is 1. The van der Waals surface area contributed by atoms with E-state index in [4.69, 9.17) is 16.3 Å². The van der Waals surface area contributed by atoms with Gasteiger partial charge in [0.1, 0.15) is 5.75 Å². The van der Waals surface area contributed by atoms with Gasteiger partial charge in [-0.25, -0.2) is 5.43 Å². The topological polar surface area (TPSA) is 81.4 Å². The molecule has 0 bridgehead atoms. The second-order valence-electron chi connectivity index (χ2n) is 7.44. The quantitative estimate of drug-likeness (QED) is 0.181. The van der Waals surface area contributed by atoms with Crippen LogP contribution in [0.5, 0.6) is 5.75 Å². The number of thioether (sulfide) groups is 1. The Labute approximate surface area is 213 Å². The molecule has 0 saturated carbocycles. The van der Waals surface area contributed by atoms with Gasteiger partial charge >= 0.3 is 0 Å². The van der Waals surface area contributed by atoms with E-state index in [2.05, 4.69) is 20.7 Å². The van der Waals surface area contributed by atoms with Gasteiger partial charge in [-0.2, -0.15) is 5.10 Å². The molecular weight excluding hydrogens is 482 g/mol. The number of ether oxygens (including phenoxy) is 1. The number of rotatable bonds is 9. The third-order valence-electron chi connectivity index (χ3n) is 5.02. The number of hydrogen-bond donors (Lipinski definition) is 1. The van der Waals surface area contributed by atoms with Crippen LogP contribution in [0.2, 0.25) is 5.02 Å². The predicted octanol–water partition coefficient (Wildman–Crippen LogP) is 5.62. The SMILES string of the molecule is CCOc1ccc(-n2c(SCC(=O)NN=C(C)c3ccccc3Cl)nnc2-c2ccccc2)cc1. The highest BCUT2D eigenvalue weighted by Crippen LogP contribution is 2.28. The van der Waals surface area contributed by atoms with Gasteiger partial charge in [-0.1, -0.05) is 71.9 Å². The van der Waals surface area contributed by atoms with E-state index in [1.807, 2.05) is 84.3 Å². The average Bonchev–Trinajstić information content (AvgIpc) is 3.31. The van der Waals surface area contributed by atoms with Gasteiger partial charge in [-0.05, 0) is 44.2 Å². The molecule has 1 aromatic heterocycles. The van der Waals surface area contributed by atoms with Gasteiger partial charge in [0.05, 0.1) is 18.1 Å². The van der Waals surface area contributed by atoms with Crippen LogP contribution in [0.1, 0.15) is 19.4 Å². The molecule has 0 unspecified atom stereocenters. The molecule has 0 spiro atoms. The van der Waals surface area contributed by atoms with E-state index >= 15 is 0 Å². The molecule has 0 aliphatic carbocycles. The molecule has 0 aliphatic heterocycles. The fourth-order valence-corrected chi connectivity index (χ4v) is 4.37. The fourth-order valence-electron chi connectivity index (χ4n) is 3.35. The van der Waals surface area contributed by atoms with Crippen molar-refractivity contribution in [1.82, 2.24) is 20.2 Å². The van der Waals surface area contributed by atoms with Gasteiger partial charge in [0.15, 0.2) is 11.0 Å². The first kappa shape index (κ1) is 24.5. The van der Waals surface area contributed by atoms with Crippen molar-refractivity contribution < 1.29 is 9.53 Å². The Morgan fingerprint density at radius 1 is 1.03 bits per heavy atom. The van der Waals surface area contributed by atoms with Gasteiger partial charge in [0, 0.05) is 21.8 Å². The van der Waals surface area contributed by atoms with Crippen LogP contribution in [0.25, 0.3) is 17.1 Å². The smallest absolute Gasteiger partial charge is 0.250 e. The van der Waals surface area contributed by atoms with E-state index < -0.39 is 0 Å². The van der Waals surface area contributed by atoms with Crippen LogP contribution < -0.4 is 10.2 Å². The Morgan fingerprint density at radius 2 is 1.74 bits per heavy atom. The summed E-state index contributed by atoms with van der Waals surface area (Å²) < 4.78 is 7.50. The molecule has 7 nitrogen and oxygen atoms in total. The van der Waals surface area contributed by atoms with Gasteiger partial charge in [-0.15, -0.1) is 10.2 Å². The van der Waals surface area contributed by atoms with Crippen molar-refractivity contribution in [2.45, 2.75) is 19.0 Å². The first-order chi connectivity index (χ1) is 17.1. The van der Waals surface area contributed by atoms with E-state index in [1.54, 1.807) is 13.0 Å². The number of benzene rings is 3. The highest BCUT2D eigenvalue weighted by atomic mass is 35.5. The van der Waals surface area contributed by atoms with Crippen LogP contribution in [0.3, 0.4) is 0 Å². The van der Waals surface area contributed by atoms with Gasteiger partial charge in [0.25, 0.3) is 5.91 Å². The third kappa shape index (κ3) is 6.09. The maximum Gasteiger partial charge on any atom is 0.250 e. The summed E-state index contributed by atoms with van der Waals surface area (Å²) in [6, 6.07) is 24.9. The molecule has 4 rings (SSSR count). The molecular formula is C26H24ClN5O2S. The minimum atomic E-state index is -0.260. The number of nitrogens with zero attached hydrogens (tertiary/aromatic N) is 4. The van der Waals surface area contributed by atoms with Crippen molar-refractivity contribution in [2.75, 3.05) is 12.4 Å². The lowest BCUT2D eigenvalue weighted by Gasteiger charge is -2.11. The van der Waals surface area contributed by atoms with E-state index in [9.17, 15) is 4.79 Å². The molecule has 0 atom stereocenters. The molecule has 0 aliphatic rings. The number of halogens is 1. The van der Waals surface area contributed by atoms with E-state index in [0.29, 0.717) is 28.3 Å². The zero-order valence-corrected chi connectivity index (χ0v) is 20.9. The van der Waals surface area contributed by atoms with Crippen molar-refractivity contribution in [1.29, 1.82) is 0 Å². The molecule has 35 heavy (non-hydrogen) atoms. The van der Waals surface area contributed by atoms with Crippen LogP contribution in [0, 0.1) is 0 Å². The van der Waals surface area contributed by atoms with Crippen molar-refractivity contribution in [3.8, 4) is 22.8 Å². The van der Waals surface area contributed by atoms with E-state index in [1.165, 1.54) is 11.8 Å². The standard InChI is InChI=1S/C26H24ClN5O2S/c1-3-34-21-15-13-20(14-16-21)32-25(19-9-5-4-6-10-19)30-31-26(32)35-17-24(33)29-28-18(2)22-11-7-8-12-23(22)27/h4-16H,3,17H2,1-2H3,(H,29,33). The molecule has 0 radical (unpaired) electrons. The van der Waals surface area contributed by atoms with Crippen LogP contribution in [0.4, 0.5) is 0 Å². The summed E-state index contributed by atoms with van der Waals surface area (Å²) in [6.45, 7) is 4.33. The number of carbonyl (C=O) groups is 1. The number of aromatic nitrogens is 3. The van der Waals surface area contributed by atoms with Crippen molar-refractivity contribution in [3.63, 3.8) is 0 Å². The zero-order valence-electron chi connectivity index (χ0n) is 19.3. The summed E-state index contributed by atoms with van der Waals surface area (Å²) in [5.41, 5.74) is 5.77. The Kier molecular flexibility index (Phi) is 8.18. The molecule has 4 aromatic rings. The Morgan fingerprint density at radius 3 is 2.46 bits per heavy atom. The summed E-state index contributed by atoms with van der Waals surface area (Å²) in [5.74, 6) is 1.32. The minimum Gasteiger partial charge on any atom is -0.494 e. The van der Waals surface area contributed by atoms with Crippen LogP contribution in [-0.4, -0.2) is 38.7 Å². The van der Waals surface area contributed by atoms with Crippen molar-refractivity contribution >= 4 is 35.0 Å². The molecule has 9 heteroatoms. The van der Waals surface area contributed by atoms with Crippen molar-refractivity contribution in [3.05, 3.63) is 89.4 Å². The highest BCUT2D eigenvalue weighted by Gasteiger charge is 2.17. The van der Waals surface area contributed by atoms with Crippen molar-refractivity contribution in [2.24, 2.45) is 5.10 Å². The molecule has 0 fully saturated rings. The average molecular weight is 506 g/mol. The minimum absolute atomic E-state index is 0.114. The summed E-state index contributed by atoms with van der Waals surface area (Å²) in [5, 5.41) is 14.1. The number of nitrogens with one attached hydrogen (secondary N) is 1. The maximum atomic E-state index is 12.5. The summed E-state index contributed by atoms with van der Waals surface area (Å²) in [4.78, 5) is 12.5. The first-order valence-corrected chi connectivity index (χ1v) is 12.4. The number of carbonyl (C=O) groups excluding carboxylic acids is 1. The lowest BCUT2D eigenvalue weighted by atomic mass is 10.1. The number of hydrogen-bond acceptors (Lipinski definition) is 6. The van der Waals surface area contributed by atoms with Gasteiger partial charge < -0.3 is 4.74 Å². The molecule has 0 saturated heterocycles. The first-order valence-electron chi connectivity index (χ1n) is 11.0. The molecule has 178 valence electrons. The normalized spacial score (nSPS) is 11.3. The largest absolute Gasteiger partial charge is 0.494 e. The summed E-state index contributed by atoms with van der Waals surface area (Å²) in [6.07, 6.45) is 0. The highest BCUT2D eigenvalue weighted by molar-refractivity contribution is 7.99. The lowest BCUT2D eigenvalue weighted by Crippen LogP contribution is -2.21. The maximum absolute atomic E-state index is 12.5. The monoisotopic (exact) mass is 505 g/mol. The van der Waals surface area contributed by atoms with Crippen LogP contribution >= 0.6 is 23.4 Å². The van der Waals surface area contributed by atoms with Gasteiger partial charge in [0.2, 0.25) is 0 Å². The molecule has 1 N–H and O–H groups in total. The third-order valence-corrected chi connectivity index (χ3v) is 6.27. The second-order valence-corrected chi connectivity index (χ2v) is 8.78. The predicted molar refractivity (Wildman–Crippen MR) is 140 cm³/mol. The second kappa shape index (κ2) is 11.7. The van der Waals surface area contributed by atoms with E-state index in [-0.39, 0.29) is 11.7 Å². The van der Waals surface area contributed by atoms with Crippen LogP contribution in [0.15, 0.2) is 89.1 Å². The van der Waals surface area contributed by atoms with Crippen LogP contribution in [-0.2, 0) is 4.79 Å². The lowest BCUT2D eigenvalue weighted by molar-refractivity contribution is -0.118. The molecule has 3 aromatic carbocycles. The Hall–Kier alpha value is -3.62. The number of hydrazone groups is 1. The zero-order chi connectivity index (χ0) is 24.6. The summed E-state index contributed by atoms with van der Waals surface area (Å²) in [7, 11) is 0. The Bertz CT molecular complexity index is 1320. The molecule has 1 heterocycles. The Balaban J connectivity index is 1.53. The fraction of sp³-hybridized carbons (Fsp3) is 0.154. The molecule has 1 amide bonds. The van der Waals surface area contributed by atoms with E-state index in [0.717, 1.165) is 22.6 Å². The van der Waals surface area contributed by atoms with Gasteiger partial charge in [-0.3, -0.25) is 9.36 Å². The summed E-state index contributed by atoms with van der Waals surface area (Å²) >= 11 is 7.49.